The molecule has 0 aliphatic rings. The molecule has 1 aromatic carbocycles. The lowest BCUT2D eigenvalue weighted by molar-refractivity contribution is 0.305. The summed E-state index contributed by atoms with van der Waals surface area (Å²) in [7, 11) is -3.33. The van der Waals surface area contributed by atoms with Crippen molar-refractivity contribution in [1.82, 2.24) is 0 Å². The highest BCUT2D eigenvalue weighted by molar-refractivity contribution is 7.89. The van der Waals surface area contributed by atoms with Crippen LogP contribution in [0.15, 0.2) is 24.3 Å². The summed E-state index contributed by atoms with van der Waals surface area (Å²) in [6, 6.07) is 8.10. The Labute approximate surface area is 122 Å². The molecule has 0 bridgehead atoms. The Morgan fingerprint density at radius 2 is 1.85 bits per heavy atom. The highest BCUT2D eigenvalue weighted by atomic mass is 32.2. The topological polar surface area (TPSA) is 69.4 Å². The predicted molar refractivity (Wildman–Crippen MR) is 82.5 cm³/mol. The minimum Gasteiger partial charge on any atom is -0.494 e. The van der Waals surface area contributed by atoms with Crippen molar-refractivity contribution >= 4 is 10.0 Å². The monoisotopic (exact) mass is 299 g/mol. The molecule has 1 rings (SSSR count). The highest BCUT2D eigenvalue weighted by Crippen LogP contribution is 2.25. The minimum atomic E-state index is -3.33. The summed E-state index contributed by atoms with van der Waals surface area (Å²) < 4.78 is 27.2. The van der Waals surface area contributed by atoms with E-state index in [0.29, 0.717) is 13.0 Å². The van der Waals surface area contributed by atoms with E-state index < -0.39 is 10.0 Å². The van der Waals surface area contributed by atoms with Gasteiger partial charge in [-0.1, -0.05) is 32.9 Å². The molecule has 114 valence electrons. The molecule has 20 heavy (non-hydrogen) atoms. The van der Waals surface area contributed by atoms with Crippen LogP contribution in [0.3, 0.4) is 0 Å². The van der Waals surface area contributed by atoms with E-state index >= 15 is 0 Å². The Morgan fingerprint density at radius 1 is 1.15 bits per heavy atom. The lowest BCUT2D eigenvalue weighted by atomic mass is 9.87. The van der Waals surface area contributed by atoms with E-state index in [0.717, 1.165) is 18.6 Å². The Hall–Kier alpha value is -1.07. The SMILES string of the molecule is CC(C)(C)c1cccc(OCCCCCS(N)(=O)=O)c1. The number of rotatable bonds is 7. The predicted octanol–water partition coefficient (Wildman–Crippen LogP) is 2.82. The molecule has 0 radical (unpaired) electrons. The van der Waals surface area contributed by atoms with Gasteiger partial charge in [0.15, 0.2) is 0 Å². The van der Waals surface area contributed by atoms with E-state index in [4.69, 9.17) is 9.88 Å². The fraction of sp³-hybridized carbons (Fsp3) is 0.600. The molecular formula is C15H25NO3S. The number of hydrogen-bond donors (Lipinski definition) is 1. The van der Waals surface area contributed by atoms with Crippen molar-refractivity contribution in [2.45, 2.75) is 45.4 Å². The Bertz CT molecular complexity index is 518. The largest absolute Gasteiger partial charge is 0.494 e. The summed E-state index contributed by atoms with van der Waals surface area (Å²) in [4.78, 5) is 0. The smallest absolute Gasteiger partial charge is 0.209 e. The van der Waals surface area contributed by atoms with Crippen LogP contribution >= 0.6 is 0 Å². The highest BCUT2D eigenvalue weighted by Gasteiger charge is 2.13. The third kappa shape index (κ3) is 6.91. The van der Waals surface area contributed by atoms with Crippen LogP contribution < -0.4 is 9.88 Å². The van der Waals surface area contributed by atoms with Crippen molar-refractivity contribution in [2.75, 3.05) is 12.4 Å². The normalized spacial score (nSPS) is 12.4. The molecule has 0 aromatic heterocycles. The number of ether oxygens (including phenoxy) is 1. The van der Waals surface area contributed by atoms with E-state index in [2.05, 4.69) is 32.9 Å². The van der Waals surface area contributed by atoms with Crippen LogP contribution in [-0.4, -0.2) is 20.8 Å². The third-order valence-corrected chi connectivity index (χ3v) is 3.90. The van der Waals surface area contributed by atoms with E-state index in [-0.39, 0.29) is 11.2 Å². The second kappa shape index (κ2) is 7.09. The molecule has 0 amide bonds. The lowest BCUT2D eigenvalue weighted by Crippen LogP contribution is -2.16. The summed E-state index contributed by atoms with van der Waals surface area (Å²) >= 11 is 0. The van der Waals surface area contributed by atoms with Crippen LogP contribution in [0, 0.1) is 0 Å². The van der Waals surface area contributed by atoms with Gasteiger partial charge in [0.1, 0.15) is 5.75 Å². The maximum atomic E-state index is 10.8. The zero-order valence-electron chi connectivity index (χ0n) is 12.6. The van der Waals surface area contributed by atoms with Gasteiger partial charge in [-0.25, -0.2) is 13.6 Å². The average Bonchev–Trinajstić information content (AvgIpc) is 2.31. The molecule has 0 aliphatic heterocycles. The first-order chi connectivity index (χ1) is 9.18. The Morgan fingerprint density at radius 3 is 2.45 bits per heavy atom. The van der Waals surface area contributed by atoms with Gasteiger partial charge in [-0.05, 0) is 42.4 Å². The van der Waals surface area contributed by atoms with Crippen molar-refractivity contribution in [3.8, 4) is 5.75 Å². The molecule has 0 spiro atoms. The number of hydrogen-bond acceptors (Lipinski definition) is 3. The maximum absolute atomic E-state index is 10.8. The molecule has 0 aliphatic carbocycles. The molecule has 0 saturated heterocycles. The number of unbranched alkanes of at least 4 members (excludes halogenated alkanes) is 2. The number of sulfonamides is 1. The van der Waals surface area contributed by atoms with Gasteiger partial charge in [-0.2, -0.15) is 0 Å². The molecule has 1 aromatic rings. The van der Waals surface area contributed by atoms with Crippen LogP contribution in [0.25, 0.3) is 0 Å². The van der Waals surface area contributed by atoms with E-state index in [9.17, 15) is 8.42 Å². The van der Waals surface area contributed by atoms with Gasteiger partial charge in [0.25, 0.3) is 0 Å². The minimum absolute atomic E-state index is 0.0481. The second-order valence-corrected chi connectivity index (χ2v) is 7.79. The summed E-state index contributed by atoms with van der Waals surface area (Å²) in [5, 5.41) is 4.94. The summed E-state index contributed by atoms with van der Waals surface area (Å²) in [5.74, 6) is 0.913. The Balaban J connectivity index is 2.32. The fourth-order valence-electron chi connectivity index (χ4n) is 1.82. The number of nitrogens with two attached hydrogens (primary N) is 1. The van der Waals surface area contributed by atoms with Gasteiger partial charge in [0.2, 0.25) is 10.0 Å². The molecule has 0 unspecified atom stereocenters. The summed E-state index contributed by atoms with van der Waals surface area (Å²) in [6.07, 6.45) is 2.22. The first kappa shape index (κ1) is 17.0. The zero-order valence-corrected chi connectivity index (χ0v) is 13.4. The van der Waals surface area contributed by atoms with Crippen LogP contribution in [0.1, 0.15) is 45.6 Å². The average molecular weight is 299 g/mol. The van der Waals surface area contributed by atoms with Gasteiger partial charge < -0.3 is 4.74 Å². The van der Waals surface area contributed by atoms with Crippen molar-refractivity contribution < 1.29 is 13.2 Å². The fourth-order valence-corrected chi connectivity index (χ4v) is 2.43. The first-order valence-corrected chi connectivity index (χ1v) is 8.64. The van der Waals surface area contributed by atoms with Crippen molar-refractivity contribution in [3.05, 3.63) is 29.8 Å². The van der Waals surface area contributed by atoms with Crippen molar-refractivity contribution in [1.29, 1.82) is 0 Å². The van der Waals surface area contributed by atoms with Gasteiger partial charge in [-0.15, -0.1) is 0 Å². The van der Waals surface area contributed by atoms with Gasteiger partial charge in [0.05, 0.1) is 12.4 Å². The second-order valence-electron chi connectivity index (χ2n) is 6.05. The van der Waals surface area contributed by atoms with Gasteiger partial charge in [-0.3, -0.25) is 0 Å². The summed E-state index contributed by atoms with van der Waals surface area (Å²) in [6.45, 7) is 7.09. The molecule has 0 heterocycles. The molecule has 2 N–H and O–H groups in total. The molecule has 5 heteroatoms. The Kier molecular flexibility index (Phi) is 6.02. The molecular weight excluding hydrogens is 274 g/mol. The van der Waals surface area contributed by atoms with Crippen LogP contribution in [0.5, 0.6) is 5.75 Å². The molecule has 0 fully saturated rings. The quantitative estimate of drug-likeness (QED) is 0.787. The standard InChI is InChI=1S/C15H25NO3S/c1-15(2,3)13-8-7-9-14(12-13)19-10-5-4-6-11-20(16,17)18/h7-9,12H,4-6,10-11H2,1-3H3,(H2,16,17,18). The zero-order chi connectivity index (χ0) is 15.2. The first-order valence-electron chi connectivity index (χ1n) is 6.92. The summed E-state index contributed by atoms with van der Waals surface area (Å²) in [5.41, 5.74) is 1.35. The molecule has 0 atom stereocenters. The lowest BCUT2D eigenvalue weighted by Gasteiger charge is -2.19. The van der Waals surface area contributed by atoms with Crippen LogP contribution in [0.4, 0.5) is 0 Å². The third-order valence-electron chi connectivity index (χ3n) is 3.04. The van der Waals surface area contributed by atoms with Gasteiger partial charge >= 0.3 is 0 Å². The van der Waals surface area contributed by atoms with E-state index in [1.54, 1.807) is 0 Å². The maximum Gasteiger partial charge on any atom is 0.209 e. The number of primary sulfonamides is 1. The van der Waals surface area contributed by atoms with Crippen LogP contribution in [0.2, 0.25) is 0 Å². The van der Waals surface area contributed by atoms with E-state index in [1.807, 2.05) is 12.1 Å². The van der Waals surface area contributed by atoms with Crippen LogP contribution in [-0.2, 0) is 15.4 Å². The molecule has 0 saturated carbocycles. The van der Waals surface area contributed by atoms with Crippen molar-refractivity contribution in [2.24, 2.45) is 5.14 Å². The van der Waals surface area contributed by atoms with E-state index in [1.165, 1.54) is 5.56 Å². The molecule has 4 nitrogen and oxygen atoms in total. The van der Waals surface area contributed by atoms with Crippen molar-refractivity contribution in [3.63, 3.8) is 0 Å². The van der Waals surface area contributed by atoms with Gasteiger partial charge in [0, 0.05) is 0 Å². The number of benzene rings is 1.